The van der Waals surface area contributed by atoms with Gasteiger partial charge in [0.1, 0.15) is 16.7 Å². The highest BCUT2D eigenvalue weighted by Crippen LogP contribution is 2.26. The van der Waals surface area contributed by atoms with Gasteiger partial charge in [-0.3, -0.25) is 10.1 Å². The van der Waals surface area contributed by atoms with E-state index in [0.717, 1.165) is 6.07 Å². The van der Waals surface area contributed by atoms with E-state index in [2.05, 4.69) is 5.32 Å². The van der Waals surface area contributed by atoms with Crippen molar-refractivity contribution in [2.24, 2.45) is 0 Å². The van der Waals surface area contributed by atoms with Crippen LogP contribution in [-0.2, 0) is 0 Å². The number of hydrogen-bond donors (Lipinski definition) is 2. The molecule has 0 aliphatic rings. The first-order valence-corrected chi connectivity index (χ1v) is 6.65. The SMILES string of the molecule is O=C(NC(=O)c1ccccc1Cl)Nc1cc(F)cc(F)c1Cl. The topological polar surface area (TPSA) is 58.2 Å². The van der Waals surface area contributed by atoms with Crippen LogP contribution in [0.1, 0.15) is 10.4 Å². The van der Waals surface area contributed by atoms with Crippen molar-refractivity contribution < 1.29 is 18.4 Å². The molecule has 0 saturated carbocycles. The Balaban J connectivity index is 2.11. The molecule has 8 heteroatoms. The third-order valence-electron chi connectivity index (χ3n) is 2.59. The van der Waals surface area contributed by atoms with Gasteiger partial charge in [-0.15, -0.1) is 0 Å². The predicted octanol–water partition coefficient (Wildman–Crippen LogP) is 4.23. The molecule has 0 atom stereocenters. The fraction of sp³-hybridized carbons (Fsp3) is 0. The second-order valence-corrected chi connectivity index (χ2v) is 4.92. The maximum Gasteiger partial charge on any atom is 0.326 e. The van der Waals surface area contributed by atoms with Gasteiger partial charge >= 0.3 is 6.03 Å². The van der Waals surface area contributed by atoms with Gasteiger partial charge in [0.05, 0.1) is 16.3 Å². The highest BCUT2D eigenvalue weighted by atomic mass is 35.5. The van der Waals surface area contributed by atoms with Crippen molar-refractivity contribution in [1.29, 1.82) is 0 Å². The molecule has 4 nitrogen and oxygen atoms in total. The first-order chi connectivity index (χ1) is 10.4. The van der Waals surface area contributed by atoms with Crippen LogP contribution in [0.2, 0.25) is 10.0 Å². The Bertz CT molecular complexity index is 754. The van der Waals surface area contributed by atoms with Gasteiger partial charge in [0.2, 0.25) is 0 Å². The van der Waals surface area contributed by atoms with Gasteiger partial charge in [-0.2, -0.15) is 0 Å². The van der Waals surface area contributed by atoms with Crippen LogP contribution in [0.5, 0.6) is 0 Å². The highest BCUT2D eigenvalue weighted by molar-refractivity contribution is 6.35. The summed E-state index contributed by atoms with van der Waals surface area (Å²) in [7, 11) is 0. The molecule has 114 valence electrons. The number of nitrogens with one attached hydrogen (secondary N) is 2. The largest absolute Gasteiger partial charge is 0.326 e. The number of carbonyl (C=O) groups is 2. The Morgan fingerprint density at radius 2 is 1.73 bits per heavy atom. The maximum atomic E-state index is 13.2. The number of benzene rings is 2. The number of urea groups is 1. The lowest BCUT2D eigenvalue weighted by molar-refractivity contribution is 0.0967. The first-order valence-electron chi connectivity index (χ1n) is 5.90. The number of rotatable bonds is 2. The summed E-state index contributed by atoms with van der Waals surface area (Å²) >= 11 is 11.4. The third kappa shape index (κ3) is 3.72. The zero-order valence-electron chi connectivity index (χ0n) is 10.8. The molecular formula is C14H8Cl2F2N2O2. The zero-order chi connectivity index (χ0) is 16.3. The summed E-state index contributed by atoms with van der Waals surface area (Å²) in [5, 5.41) is 3.75. The Hall–Kier alpha value is -2.18. The Morgan fingerprint density at radius 3 is 2.41 bits per heavy atom. The van der Waals surface area contributed by atoms with Crippen molar-refractivity contribution in [3.05, 3.63) is 63.6 Å². The molecule has 3 amide bonds. The Labute approximate surface area is 134 Å². The third-order valence-corrected chi connectivity index (χ3v) is 3.30. The van der Waals surface area contributed by atoms with Crippen molar-refractivity contribution in [2.45, 2.75) is 0 Å². The van der Waals surface area contributed by atoms with Gasteiger partial charge in [-0.05, 0) is 18.2 Å². The lowest BCUT2D eigenvalue weighted by Gasteiger charge is -2.09. The zero-order valence-corrected chi connectivity index (χ0v) is 12.3. The average Bonchev–Trinajstić information content (AvgIpc) is 2.44. The van der Waals surface area contributed by atoms with Crippen molar-refractivity contribution in [3.63, 3.8) is 0 Å². The summed E-state index contributed by atoms with van der Waals surface area (Å²) < 4.78 is 26.3. The van der Waals surface area contributed by atoms with Gasteiger partial charge in [0, 0.05) is 6.07 Å². The quantitative estimate of drug-likeness (QED) is 0.800. The summed E-state index contributed by atoms with van der Waals surface area (Å²) in [4.78, 5) is 23.5. The Morgan fingerprint density at radius 1 is 1.05 bits per heavy atom. The van der Waals surface area contributed by atoms with E-state index >= 15 is 0 Å². The van der Waals surface area contributed by atoms with Crippen LogP contribution < -0.4 is 10.6 Å². The minimum atomic E-state index is -1.03. The Kier molecular flexibility index (Phi) is 4.95. The molecule has 0 aromatic heterocycles. The van der Waals surface area contributed by atoms with Crippen molar-refractivity contribution >= 4 is 40.8 Å². The van der Waals surface area contributed by atoms with Crippen LogP contribution in [0.15, 0.2) is 36.4 Å². The molecule has 0 aliphatic heterocycles. The van der Waals surface area contributed by atoms with Gasteiger partial charge in [0.15, 0.2) is 0 Å². The van der Waals surface area contributed by atoms with Crippen LogP contribution in [0.4, 0.5) is 19.3 Å². The molecule has 2 aromatic rings. The molecule has 0 spiro atoms. The van der Waals surface area contributed by atoms with Crippen LogP contribution in [-0.4, -0.2) is 11.9 Å². The van der Waals surface area contributed by atoms with Crippen LogP contribution in [0.25, 0.3) is 0 Å². The van der Waals surface area contributed by atoms with E-state index in [0.29, 0.717) is 6.07 Å². The van der Waals surface area contributed by atoms with E-state index in [-0.39, 0.29) is 16.3 Å². The molecule has 0 unspecified atom stereocenters. The second kappa shape index (κ2) is 6.72. The fourth-order valence-electron chi connectivity index (χ4n) is 1.62. The van der Waals surface area contributed by atoms with E-state index in [4.69, 9.17) is 23.2 Å². The molecular weight excluding hydrogens is 337 g/mol. The lowest BCUT2D eigenvalue weighted by Crippen LogP contribution is -2.34. The van der Waals surface area contributed by atoms with Crippen LogP contribution in [0.3, 0.4) is 0 Å². The molecule has 0 aliphatic carbocycles. The molecule has 2 N–H and O–H groups in total. The standard InChI is InChI=1S/C14H8Cl2F2N2O2/c15-9-4-2-1-3-8(9)13(21)20-14(22)19-11-6-7(17)5-10(18)12(11)16/h1-6H,(H2,19,20,21,22). The first kappa shape index (κ1) is 16.2. The molecule has 0 saturated heterocycles. The minimum absolute atomic E-state index is 0.0795. The summed E-state index contributed by atoms with van der Waals surface area (Å²) in [5.74, 6) is -2.72. The van der Waals surface area contributed by atoms with E-state index < -0.39 is 28.6 Å². The number of anilines is 1. The summed E-state index contributed by atoms with van der Waals surface area (Å²) in [6.45, 7) is 0. The van der Waals surface area contributed by atoms with E-state index in [1.54, 1.807) is 12.1 Å². The van der Waals surface area contributed by atoms with Crippen molar-refractivity contribution in [2.75, 3.05) is 5.32 Å². The predicted molar refractivity (Wildman–Crippen MR) is 79.3 cm³/mol. The smallest absolute Gasteiger partial charge is 0.306 e. The minimum Gasteiger partial charge on any atom is -0.306 e. The number of carbonyl (C=O) groups excluding carboxylic acids is 2. The van der Waals surface area contributed by atoms with Crippen molar-refractivity contribution in [3.8, 4) is 0 Å². The lowest BCUT2D eigenvalue weighted by atomic mass is 10.2. The molecule has 0 heterocycles. The van der Waals surface area contributed by atoms with Crippen LogP contribution >= 0.6 is 23.2 Å². The normalized spacial score (nSPS) is 10.2. The fourth-order valence-corrected chi connectivity index (χ4v) is 1.99. The maximum absolute atomic E-state index is 13.2. The average molecular weight is 345 g/mol. The van der Waals surface area contributed by atoms with Gasteiger partial charge < -0.3 is 5.32 Å². The van der Waals surface area contributed by atoms with Gasteiger partial charge in [-0.25, -0.2) is 13.6 Å². The van der Waals surface area contributed by atoms with E-state index in [1.807, 2.05) is 5.32 Å². The molecule has 2 rings (SSSR count). The van der Waals surface area contributed by atoms with Gasteiger partial charge in [0.25, 0.3) is 5.91 Å². The number of amides is 3. The molecule has 22 heavy (non-hydrogen) atoms. The summed E-state index contributed by atoms with van der Waals surface area (Å²) in [6, 6.07) is 6.47. The molecule has 0 fully saturated rings. The van der Waals surface area contributed by atoms with Crippen LogP contribution in [0, 0.1) is 11.6 Å². The number of halogens is 4. The number of hydrogen-bond acceptors (Lipinski definition) is 2. The molecule has 0 bridgehead atoms. The molecule has 2 aromatic carbocycles. The highest BCUT2D eigenvalue weighted by Gasteiger charge is 2.16. The summed E-state index contributed by atoms with van der Waals surface area (Å²) in [6.07, 6.45) is 0. The van der Waals surface area contributed by atoms with E-state index in [9.17, 15) is 18.4 Å². The molecule has 0 radical (unpaired) electrons. The van der Waals surface area contributed by atoms with Crippen molar-refractivity contribution in [1.82, 2.24) is 5.32 Å². The number of imide groups is 1. The van der Waals surface area contributed by atoms with Gasteiger partial charge in [-0.1, -0.05) is 35.3 Å². The summed E-state index contributed by atoms with van der Waals surface area (Å²) in [5.41, 5.74) is -0.223. The second-order valence-electron chi connectivity index (χ2n) is 4.14. The monoisotopic (exact) mass is 344 g/mol. The van der Waals surface area contributed by atoms with E-state index in [1.165, 1.54) is 12.1 Å².